The molecule has 0 aliphatic carbocycles. The maximum atomic E-state index is 4.65. The average Bonchev–Trinajstić information content (AvgIpc) is 2.97. The van der Waals surface area contributed by atoms with E-state index in [4.69, 9.17) is 0 Å². The summed E-state index contributed by atoms with van der Waals surface area (Å²) in [4.78, 5) is 8.96. The summed E-state index contributed by atoms with van der Waals surface area (Å²) in [5, 5.41) is 7.46. The average molecular weight is 275 g/mol. The molecule has 0 fully saturated rings. The van der Waals surface area contributed by atoms with E-state index in [1.54, 1.807) is 22.7 Å². The highest BCUT2D eigenvalue weighted by Crippen LogP contribution is 2.30. The SMILES string of the molecule is Cc1cccc2sc(NC(C)c3nccs3)nc12. The van der Waals surface area contributed by atoms with Gasteiger partial charge < -0.3 is 5.32 Å². The fourth-order valence-corrected chi connectivity index (χ4v) is 3.52. The summed E-state index contributed by atoms with van der Waals surface area (Å²) in [5.41, 5.74) is 2.31. The predicted octanol–water partition coefficient (Wildman–Crippen LogP) is 4.23. The highest BCUT2D eigenvalue weighted by molar-refractivity contribution is 7.22. The number of hydrogen-bond donors (Lipinski definition) is 1. The van der Waals surface area contributed by atoms with Crippen LogP contribution in [0.25, 0.3) is 10.2 Å². The Hall–Kier alpha value is -1.46. The van der Waals surface area contributed by atoms with Crippen LogP contribution in [0.15, 0.2) is 29.8 Å². The molecule has 2 heterocycles. The fraction of sp³-hybridized carbons (Fsp3) is 0.231. The third-order valence-corrected chi connectivity index (χ3v) is 4.69. The van der Waals surface area contributed by atoms with E-state index in [-0.39, 0.29) is 6.04 Å². The van der Waals surface area contributed by atoms with Crippen LogP contribution in [0.3, 0.4) is 0 Å². The Balaban J connectivity index is 1.89. The van der Waals surface area contributed by atoms with Crippen molar-refractivity contribution in [2.75, 3.05) is 5.32 Å². The minimum atomic E-state index is 0.200. The quantitative estimate of drug-likeness (QED) is 0.777. The molecule has 0 saturated heterocycles. The van der Waals surface area contributed by atoms with Crippen LogP contribution >= 0.6 is 22.7 Å². The number of nitrogens with one attached hydrogen (secondary N) is 1. The zero-order valence-corrected chi connectivity index (χ0v) is 11.8. The highest BCUT2D eigenvalue weighted by atomic mass is 32.1. The van der Waals surface area contributed by atoms with Crippen molar-refractivity contribution in [1.29, 1.82) is 0 Å². The van der Waals surface area contributed by atoms with Crippen LogP contribution in [-0.4, -0.2) is 9.97 Å². The van der Waals surface area contributed by atoms with Crippen LogP contribution in [0.4, 0.5) is 5.13 Å². The van der Waals surface area contributed by atoms with Gasteiger partial charge in [-0.15, -0.1) is 11.3 Å². The summed E-state index contributed by atoms with van der Waals surface area (Å²) in [5.74, 6) is 0. The van der Waals surface area contributed by atoms with E-state index < -0.39 is 0 Å². The number of rotatable bonds is 3. The molecule has 1 unspecified atom stereocenters. The fourth-order valence-electron chi connectivity index (χ4n) is 1.84. The molecule has 0 bridgehead atoms. The van der Waals surface area contributed by atoms with Crippen molar-refractivity contribution in [3.8, 4) is 0 Å². The minimum absolute atomic E-state index is 0.200. The van der Waals surface area contributed by atoms with Gasteiger partial charge in [-0.1, -0.05) is 23.5 Å². The molecule has 3 aromatic rings. The zero-order chi connectivity index (χ0) is 12.5. The van der Waals surface area contributed by atoms with E-state index in [2.05, 4.69) is 47.3 Å². The first-order valence-electron chi connectivity index (χ1n) is 5.76. The van der Waals surface area contributed by atoms with Gasteiger partial charge in [0.1, 0.15) is 5.01 Å². The first-order valence-corrected chi connectivity index (χ1v) is 7.46. The molecule has 0 spiro atoms. The van der Waals surface area contributed by atoms with Gasteiger partial charge in [-0.3, -0.25) is 0 Å². The summed E-state index contributed by atoms with van der Waals surface area (Å²) in [6, 6.07) is 6.48. The molecule has 2 aromatic heterocycles. The number of anilines is 1. The van der Waals surface area contributed by atoms with Gasteiger partial charge in [0.05, 0.1) is 16.3 Å². The lowest BCUT2D eigenvalue weighted by molar-refractivity contribution is 0.868. The molecule has 18 heavy (non-hydrogen) atoms. The predicted molar refractivity (Wildman–Crippen MR) is 78.5 cm³/mol. The van der Waals surface area contributed by atoms with Crippen molar-refractivity contribution in [1.82, 2.24) is 9.97 Å². The molecule has 3 nitrogen and oxygen atoms in total. The van der Waals surface area contributed by atoms with Crippen molar-refractivity contribution in [3.05, 3.63) is 40.3 Å². The second-order valence-electron chi connectivity index (χ2n) is 4.18. The third-order valence-electron chi connectivity index (χ3n) is 2.78. The molecule has 1 aromatic carbocycles. The molecule has 0 saturated carbocycles. The van der Waals surface area contributed by atoms with Gasteiger partial charge in [0.2, 0.25) is 0 Å². The van der Waals surface area contributed by atoms with Crippen molar-refractivity contribution < 1.29 is 0 Å². The van der Waals surface area contributed by atoms with Gasteiger partial charge in [-0.2, -0.15) is 0 Å². The van der Waals surface area contributed by atoms with E-state index in [0.717, 1.165) is 15.7 Å². The number of fused-ring (bicyclic) bond motifs is 1. The topological polar surface area (TPSA) is 37.8 Å². The lowest BCUT2D eigenvalue weighted by Gasteiger charge is -2.08. The smallest absolute Gasteiger partial charge is 0.184 e. The van der Waals surface area contributed by atoms with Gasteiger partial charge in [-0.25, -0.2) is 9.97 Å². The van der Waals surface area contributed by atoms with Crippen LogP contribution in [0, 0.1) is 6.92 Å². The molecule has 1 N–H and O–H groups in total. The first-order chi connectivity index (χ1) is 8.74. The zero-order valence-electron chi connectivity index (χ0n) is 10.2. The molecular formula is C13H13N3S2. The third kappa shape index (κ3) is 2.11. The number of aromatic nitrogens is 2. The molecule has 0 amide bonds. The van der Waals surface area contributed by atoms with E-state index in [9.17, 15) is 0 Å². The Kier molecular flexibility index (Phi) is 3.01. The number of para-hydroxylation sites is 1. The van der Waals surface area contributed by atoms with Gasteiger partial charge >= 0.3 is 0 Å². The number of benzene rings is 1. The standard InChI is InChI=1S/C13H13N3S2/c1-8-4-3-5-10-11(8)16-13(18-10)15-9(2)12-14-6-7-17-12/h3-7,9H,1-2H3,(H,15,16). The molecule has 92 valence electrons. The molecule has 0 aliphatic rings. The Morgan fingerprint density at radius 3 is 2.94 bits per heavy atom. The number of aryl methyl sites for hydroxylation is 1. The first kappa shape index (κ1) is 11.6. The van der Waals surface area contributed by atoms with Gasteiger partial charge in [0.25, 0.3) is 0 Å². The molecule has 3 rings (SSSR count). The van der Waals surface area contributed by atoms with Crippen LogP contribution in [0.5, 0.6) is 0 Å². The van der Waals surface area contributed by atoms with Gasteiger partial charge in [0, 0.05) is 11.6 Å². The van der Waals surface area contributed by atoms with Crippen molar-refractivity contribution in [2.45, 2.75) is 19.9 Å². The number of nitrogens with zero attached hydrogens (tertiary/aromatic N) is 2. The second-order valence-corrected chi connectivity index (χ2v) is 6.13. The summed E-state index contributed by atoms with van der Waals surface area (Å²) >= 11 is 3.36. The molecule has 0 aliphatic heterocycles. The maximum absolute atomic E-state index is 4.65. The van der Waals surface area contributed by atoms with E-state index in [1.807, 2.05) is 11.6 Å². The van der Waals surface area contributed by atoms with Gasteiger partial charge in [-0.05, 0) is 25.5 Å². The summed E-state index contributed by atoms with van der Waals surface area (Å²) in [6.45, 7) is 4.20. The van der Waals surface area contributed by atoms with E-state index in [1.165, 1.54) is 10.3 Å². The van der Waals surface area contributed by atoms with Crippen molar-refractivity contribution in [2.24, 2.45) is 0 Å². The van der Waals surface area contributed by atoms with E-state index in [0.29, 0.717) is 0 Å². The minimum Gasteiger partial charge on any atom is -0.353 e. The van der Waals surface area contributed by atoms with Gasteiger partial charge in [0.15, 0.2) is 5.13 Å². The van der Waals surface area contributed by atoms with Crippen LogP contribution in [0.2, 0.25) is 0 Å². The molecule has 1 atom stereocenters. The molecule has 0 radical (unpaired) electrons. The summed E-state index contributed by atoms with van der Waals surface area (Å²) < 4.78 is 1.23. The second kappa shape index (κ2) is 4.66. The number of thiazole rings is 2. The Bertz CT molecular complexity index is 658. The molecule has 5 heteroatoms. The normalized spacial score (nSPS) is 12.8. The highest BCUT2D eigenvalue weighted by Gasteiger charge is 2.11. The Morgan fingerprint density at radius 2 is 2.22 bits per heavy atom. The lowest BCUT2D eigenvalue weighted by atomic mass is 10.2. The van der Waals surface area contributed by atoms with Crippen LogP contribution in [-0.2, 0) is 0 Å². The Labute approximate surface area is 114 Å². The monoisotopic (exact) mass is 275 g/mol. The summed E-state index contributed by atoms with van der Waals surface area (Å²) in [7, 11) is 0. The largest absolute Gasteiger partial charge is 0.353 e. The van der Waals surface area contributed by atoms with Crippen LogP contribution in [0.1, 0.15) is 23.5 Å². The summed E-state index contributed by atoms with van der Waals surface area (Å²) in [6.07, 6.45) is 1.83. The van der Waals surface area contributed by atoms with Crippen molar-refractivity contribution >= 4 is 38.0 Å². The van der Waals surface area contributed by atoms with E-state index >= 15 is 0 Å². The molecular weight excluding hydrogens is 262 g/mol. The number of hydrogen-bond acceptors (Lipinski definition) is 5. The van der Waals surface area contributed by atoms with Crippen LogP contribution < -0.4 is 5.32 Å². The van der Waals surface area contributed by atoms with Crippen molar-refractivity contribution in [3.63, 3.8) is 0 Å². The lowest BCUT2D eigenvalue weighted by Crippen LogP contribution is -2.05. The Morgan fingerprint density at radius 1 is 1.33 bits per heavy atom. The maximum Gasteiger partial charge on any atom is 0.184 e.